The molecule has 0 radical (unpaired) electrons. The molecule has 0 fully saturated rings. The van der Waals surface area contributed by atoms with E-state index >= 15 is 0 Å². The summed E-state index contributed by atoms with van der Waals surface area (Å²) in [6.45, 7) is 1.07. The van der Waals surface area contributed by atoms with Crippen molar-refractivity contribution in [1.82, 2.24) is 0 Å². The quantitative estimate of drug-likeness (QED) is 0.556. The van der Waals surface area contributed by atoms with Crippen LogP contribution >= 0.6 is 0 Å². The standard InChI is InChI=1S/C6H4F3N3/c1-5(3-10)4(2-11-12-5)6(7,8)9/h2H,1H3. The first-order chi connectivity index (χ1) is 5.40. The number of nitrogens with zero attached hydrogens (tertiary/aromatic N) is 3. The summed E-state index contributed by atoms with van der Waals surface area (Å²) in [6.07, 6.45) is -3.96. The van der Waals surface area contributed by atoms with Gasteiger partial charge in [0.2, 0.25) is 0 Å². The highest BCUT2D eigenvalue weighted by Gasteiger charge is 2.48. The van der Waals surface area contributed by atoms with E-state index in [0.29, 0.717) is 6.20 Å². The van der Waals surface area contributed by atoms with Crippen LogP contribution in [0.3, 0.4) is 0 Å². The van der Waals surface area contributed by atoms with E-state index in [9.17, 15) is 13.2 Å². The van der Waals surface area contributed by atoms with Gasteiger partial charge in [0.15, 0.2) is 5.54 Å². The van der Waals surface area contributed by atoms with Gasteiger partial charge in [0.05, 0.1) is 17.8 Å². The number of nitriles is 1. The lowest BCUT2D eigenvalue weighted by Crippen LogP contribution is -2.29. The molecule has 0 spiro atoms. The zero-order valence-corrected chi connectivity index (χ0v) is 6.05. The molecule has 1 atom stereocenters. The molecule has 0 saturated carbocycles. The van der Waals surface area contributed by atoms with Crippen molar-refractivity contribution in [3.63, 3.8) is 0 Å². The number of azo groups is 1. The Bertz CT molecular complexity index is 296. The van der Waals surface area contributed by atoms with Gasteiger partial charge in [-0.25, -0.2) is 0 Å². The zero-order chi connectivity index (χ0) is 9.41. The highest BCUT2D eigenvalue weighted by molar-refractivity contribution is 5.34. The van der Waals surface area contributed by atoms with Gasteiger partial charge >= 0.3 is 6.18 Å². The minimum Gasteiger partial charge on any atom is -0.195 e. The van der Waals surface area contributed by atoms with Crippen LogP contribution in [0.15, 0.2) is 22.0 Å². The maximum Gasteiger partial charge on any atom is 0.417 e. The van der Waals surface area contributed by atoms with E-state index in [1.54, 1.807) is 0 Å². The molecular formula is C6H4F3N3. The van der Waals surface area contributed by atoms with Gasteiger partial charge in [0, 0.05) is 0 Å². The second kappa shape index (κ2) is 2.30. The second-order valence-corrected chi connectivity index (χ2v) is 2.44. The van der Waals surface area contributed by atoms with Gasteiger partial charge in [-0.3, -0.25) is 0 Å². The highest BCUT2D eigenvalue weighted by atomic mass is 19.4. The molecule has 3 nitrogen and oxygen atoms in total. The Labute approximate surface area is 66.2 Å². The highest BCUT2D eigenvalue weighted by Crippen LogP contribution is 2.38. The van der Waals surface area contributed by atoms with E-state index in [-0.39, 0.29) is 0 Å². The fourth-order valence-corrected chi connectivity index (χ4v) is 0.813. The molecule has 0 aromatic carbocycles. The van der Waals surface area contributed by atoms with Crippen LogP contribution in [-0.4, -0.2) is 11.7 Å². The third-order valence-corrected chi connectivity index (χ3v) is 1.49. The summed E-state index contributed by atoms with van der Waals surface area (Å²) < 4.78 is 36.3. The van der Waals surface area contributed by atoms with Crippen LogP contribution in [0.5, 0.6) is 0 Å². The molecule has 0 aromatic rings. The fraction of sp³-hybridized carbons (Fsp3) is 0.500. The molecule has 0 bridgehead atoms. The molecule has 64 valence electrons. The third-order valence-electron chi connectivity index (χ3n) is 1.49. The summed E-state index contributed by atoms with van der Waals surface area (Å²) in [6, 6.07) is 1.45. The molecular weight excluding hydrogens is 171 g/mol. The Kier molecular flexibility index (Phi) is 1.67. The van der Waals surface area contributed by atoms with E-state index in [4.69, 9.17) is 5.26 Å². The summed E-state index contributed by atoms with van der Waals surface area (Å²) in [7, 11) is 0. The Balaban J connectivity index is 3.06. The van der Waals surface area contributed by atoms with E-state index < -0.39 is 17.3 Å². The van der Waals surface area contributed by atoms with Crippen molar-refractivity contribution < 1.29 is 13.2 Å². The molecule has 0 N–H and O–H groups in total. The normalized spacial score (nSPS) is 28.4. The van der Waals surface area contributed by atoms with E-state index in [0.717, 1.165) is 6.92 Å². The van der Waals surface area contributed by atoms with Crippen molar-refractivity contribution in [3.8, 4) is 6.07 Å². The number of hydrogen-bond acceptors (Lipinski definition) is 3. The largest absolute Gasteiger partial charge is 0.417 e. The van der Waals surface area contributed by atoms with Crippen LogP contribution < -0.4 is 0 Å². The molecule has 0 aliphatic carbocycles. The van der Waals surface area contributed by atoms with Crippen LogP contribution in [0.2, 0.25) is 0 Å². The lowest BCUT2D eigenvalue weighted by atomic mass is 9.96. The average molecular weight is 175 g/mol. The van der Waals surface area contributed by atoms with E-state index in [2.05, 4.69) is 10.2 Å². The van der Waals surface area contributed by atoms with Gasteiger partial charge in [-0.1, -0.05) is 0 Å². The van der Waals surface area contributed by atoms with Gasteiger partial charge in [-0.2, -0.15) is 28.7 Å². The third kappa shape index (κ3) is 1.18. The Morgan fingerprint density at radius 3 is 2.50 bits per heavy atom. The topological polar surface area (TPSA) is 48.5 Å². The predicted molar refractivity (Wildman–Crippen MR) is 33.0 cm³/mol. The minimum atomic E-state index is -4.53. The molecule has 6 heteroatoms. The molecule has 1 heterocycles. The molecule has 0 amide bonds. The maximum atomic E-state index is 12.1. The van der Waals surface area contributed by atoms with Crippen molar-refractivity contribution in [1.29, 1.82) is 5.26 Å². The summed E-state index contributed by atoms with van der Waals surface area (Å²) >= 11 is 0. The molecule has 0 saturated heterocycles. The first-order valence-electron chi connectivity index (χ1n) is 3.01. The Hall–Kier alpha value is -1.38. The lowest BCUT2D eigenvalue weighted by molar-refractivity contribution is -0.0968. The maximum absolute atomic E-state index is 12.1. The van der Waals surface area contributed by atoms with Crippen LogP contribution in [0.4, 0.5) is 13.2 Å². The Morgan fingerprint density at radius 2 is 2.17 bits per heavy atom. The summed E-state index contributed by atoms with van der Waals surface area (Å²) in [5.74, 6) is 0. The Morgan fingerprint density at radius 1 is 1.58 bits per heavy atom. The van der Waals surface area contributed by atoms with Crippen molar-refractivity contribution >= 4 is 0 Å². The number of rotatable bonds is 0. The smallest absolute Gasteiger partial charge is 0.195 e. The van der Waals surface area contributed by atoms with Crippen molar-refractivity contribution in [2.45, 2.75) is 18.6 Å². The van der Waals surface area contributed by atoms with Crippen LogP contribution in [0, 0.1) is 11.3 Å². The summed E-state index contributed by atoms with van der Waals surface area (Å²) in [5, 5.41) is 14.7. The molecule has 0 aromatic heterocycles. The SMILES string of the molecule is CC1(C#N)N=NC=C1C(F)(F)F. The van der Waals surface area contributed by atoms with Crippen molar-refractivity contribution in [2.75, 3.05) is 0 Å². The summed E-state index contributed by atoms with van der Waals surface area (Å²) in [5.41, 5.74) is -2.88. The van der Waals surface area contributed by atoms with Gasteiger partial charge in [-0.15, -0.1) is 0 Å². The average Bonchev–Trinajstić information content (AvgIpc) is 2.31. The van der Waals surface area contributed by atoms with Crippen molar-refractivity contribution in [2.24, 2.45) is 10.2 Å². The second-order valence-electron chi connectivity index (χ2n) is 2.44. The molecule has 12 heavy (non-hydrogen) atoms. The van der Waals surface area contributed by atoms with E-state index in [1.807, 2.05) is 0 Å². The van der Waals surface area contributed by atoms with Gasteiger partial charge < -0.3 is 0 Å². The molecule has 1 rings (SSSR count). The minimum absolute atomic E-state index is 0.573. The fourth-order valence-electron chi connectivity index (χ4n) is 0.813. The molecule has 1 unspecified atom stereocenters. The molecule has 1 aliphatic rings. The van der Waals surface area contributed by atoms with Gasteiger partial charge in [0.25, 0.3) is 0 Å². The monoisotopic (exact) mass is 175 g/mol. The number of alkyl halides is 3. The zero-order valence-electron chi connectivity index (χ0n) is 6.05. The van der Waals surface area contributed by atoms with Crippen molar-refractivity contribution in [3.05, 3.63) is 11.8 Å². The van der Waals surface area contributed by atoms with E-state index in [1.165, 1.54) is 6.07 Å². The van der Waals surface area contributed by atoms with Gasteiger partial charge in [-0.05, 0) is 6.92 Å². The van der Waals surface area contributed by atoms with Crippen LogP contribution in [0.1, 0.15) is 6.92 Å². The predicted octanol–water partition coefficient (Wildman–Crippen LogP) is 2.18. The first kappa shape index (κ1) is 8.71. The van der Waals surface area contributed by atoms with Gasteiger partial charge in [0.1, 0.15) is 0 Å². The molecule has 1 aliphatic heterocycles. The lowest BCUT2D eigenvalue weighted by Gasteiger charge is -2.16. The van der Waals surface area contributed by atoms with Crippen LogP contribution in [0.25, 0.3) is 0 Å². The number of hydrogen-bond donors (Lipinski definition) is 0. The number of halogens is 3. The van der Waals surface area contributed by atoms with Crippen LogP contribution in [-0.2, 0) is 0 Å². The first-order valence-corrected chi connectivity index (χ1v) is 3.01. The summed E-state index contributed by atoms with van der Waals surface area (Å²) in [4.78, 5) is 0.